The van der Waals surface area contributed by atoms with E-state index in [0.29, 0.717) is 32.6 Å². The summed E-state index contributed by atoms with van der Waals surface area (Å²) < 4.78 is 38.9. The van der Waals surface area contributed by atoms with E-state index in [0.717, 1.165) is 29.1 Å². The molecule has 1 aromatic carbocycles. The Labute approximate surface area is 179 Å². The third-order valence-electron chi connectivity index (χ3n) is 6.21. The lowest BCUT2D eigenvalue weighted by Crippen LogP contribution is -2.59. The zero-order valence-corrected chi connectivity index (χ0v) is 17.6. The molecular formula is C22H27F3N4O2. The Kier molecular flexibility index (Phi) is 5.72. The third kappa shape index (κ3) is 4.56. The molecule has 4 rings (SSSR count). The van der Waals surface area contributed by atoms with Gasteiger partial charge < -0.3 is 14.9 Å². The van der Waals surface area contributed by atoms with Crippen molar-refractivity contribution in [3.8, 4) is 0 Å². The maximum atomic E-state index is 13.0. The van der Waals surface area contributed by atoms with Crippen molar-refractivity contribution in [2.24, 2.45) is 0 Å². The normalized spacial score (nSPS) is 22.7. The number of carbonyl (C=O) groups excluding carboxylic acids is 1. The van der Waals surface area contributed by atoms with Gasteiger partial charge in [0.1, 0.15) is 0 Å². The summed E-state index contributed by atoms with van der Waals surface area (Å²) in [4.78, 5) is 16.3. The summed E-state index contributed by atoms with van der Waals surface area (Å²) in [7, 11) is 0. The second-order valence-electron chi connectivity index (χ2n) is 8.90. The van der Waals surface area contributed by atoms with Crippen molar-refractivity contribution in [3.63, 3.8) is 0 Å². The Bertz CT molecular complexity index is 920. The van der Waals surface area contributed by atoms with Crippen LogP contribution in [-0.4, -0.2) is 63.4 Å². The van der Waals surface area contributed by atoms with E-state index in [1.807, 2.05) is 6.07 Å². The molecule has 2 aliphatic heterocycles. The van der Waals surface area contributed by atoms with Gasteiger partial charge in [-0.2, -0.15) is 18.3 Å². The highest BCUT2D eigenvalue weighted by Gasteiger charge is 2.38. The molecule has 6 nitrogen and oxygen atoms in total. The molecule has 2 aromatic rings. The average molecular weight is 436 g/mol. The Morgan fingerprint density at radius 3 is 2.26 bits per heavy atom. The van der Waals surface area contributed by atoms with Crippen LogP contribution in [0.1, 0.15) is 60.5 Å². The summed E-state index contributed by atoms with van der Waals surface area (Å²) in [5.41, 5.74) is 1.97. The molecule has 0 radical (unpaired) electrons. The van der Waals surface area contributed by atoms with Crippen LogP contribution in [0.4, 0.5) is 18.0 Å². The van der Waals surface area contributed by atoms with Crippen LogP contribution in [0, 0.1) is 0 Å². The number of aliphatic hydroxyl groups excluding tert-OH is 1. The van der Waals surface area contributed by atoms with Gasteiger partial charge in [0.25, 0.3) is 0 Å². The van der Waals surface area contributed by atoms with E-state index in [-0.39, 0.29) is 23.8 Å². The Morgan fingerprint density at radius 1 is 1.10 bits per heavy atom. The molecule has 0 spiro atoms. The molecule has 1 aromatic heterocycles. The number of hydrogen-bond acceptors (Lipinski definition) is 3. The number of benzene rings is 1. The van der Waals surface area contributed by atoms with Crippen molar-refractivity contribution in [1.82, 2.24) is 20.0 Å². The van der Waals surface area contributed by atoms with Gasteiger partial charge in [0.2, 0.25) is 0 Å². The van der Waals surface area contributed by atoms with E-state index in [1.165, 1.54) is 12.1 Å². The first-order chi connectivity index (χ1) is 14.6. The molecular weight excluding hydrogens is 409 g/mol. The van der Waals surface area contributed by atoms with Gasteiger partial charge in [0.15, 0.2) is 0 Å². The fraction of sp³-hybridized carbons (Fsp3) is 0.545. The van der Waals surface area contributed by atoms with Gasteiger partial charge in [-0.1, -0.05) is 26.0 Å². The average Bonchev–Trinajstić information content (AvgIpc) is 3.21. The third-order valence-corrected chi connectivity index (χ3v) is 6.21. The minimum atomic E-state index is -4.38. The first-order valence-electron chi connectivity index (χ1n) is 10.6. The number of halogens is 3. The number of aromatic amines is 1. The molecule has 2 saturated heterocycles. The standard InChI is InChI=1S/C22H27F3N4O2/c1-13(2)19-8-20(27-26-19)16-7-15(14-3-5-17(6-4-14)22(23,24)25)9-28(10-16)21(31)29-11-18(30)12-29/h3-6,8,13,15-16,18,30H,7,9-12H2,1-2H3,(H,26,27). The number of nitrogens with one attached hydrogen (secondary N) is 1. The second-order valence-corrected chi connectivity index (χ2v) is 8.90. The van der Waals surface area contributed by atoms with Crippen LogP contribution in [0.2, 0.25) is 0 Å². The number of nitrogens with zero attached hydrogens (tertiary/aromatic N) is 3. The van der Waals surface area contributed by atoms with E-state index in [2.05, 4.69) is 24.0 Å². The SMILES string of the molecule is CC(C)c1cc(C2CC(c3ccc(C(F)(F)F)cc3)CN(C(=O)N3CC(O)C3)C2)[nH]n1. The molecule has 2 unspecified atom stereocenters. The summed E-state index contributed by atoms with van der Waals surface area (Å²) in [6.45, 7) is 5.66. The van der Waals surface area contributed by atoms with Crippen molar-refractivity contribution in [2.75, 3.05) is 26.2 Å². The van der Waals surface area contributed by atoms with Crippen LogP contribution in [0.5, 0.6) is 0 Å². The van der Waals surface area contributed by atoms with Crippen molar-refractivity contribution < 1.29 is 23.1 Å². The lowest BCUT2D eigenvalue weighted by Gasteiger charge is -2.44. The number of carbonyl (C=O) groups is 1. The summed E-state index contributed by atoms with van der Waals surface area (Å²) in [6.07, 6.45) is -4.16. The molecule has 2 N–H and O–H groups in total. The van der Waals surface area contributed by atoms with Crippen LogP contribution in [0.15, 0.2) is 30.3 Å². The fourth-order valence-corrected chi connectivity index (χ4v) is 4.34. The van der Waals surface area contributed by atoms with Gasteiger partial charge in [-0.25, -0.2) is 4.79 Å². The molecule has 0 aliphatic carbocycles. The molecule has 2 fully saturated rings. The number of aromatic nitrogens is 2. The van der Waals surface area contributed by atoms with Gasteiger partial charge in [-0.05, 0) is 36.1 Å². The van der Waals surface area contributed by atoms with Crippen molar-refractivity contribution in [1.29, 1.82) is 0 Å². The topological polar surface area (TPSA) is 72.5 Å². The Morgan fingerprint density at radius 2 is 1.71 bits per heavy atom. The zero-order valence-electron chi connectivity index (χ0n) is 17.6. The van der Waals surface area contributed by atoms with Crippen molar-refractivity contribution in [2.45, 2.75) is 50.3 Å². The monoisotopic (exact) mass is 436 g/mol. The molecule has 9 heteroatoms. The predicted octanol–water partition coefficient (Wildman–Crippen LogP) is 3.92. The smallest absolute Gasteiger partial charge is 0.389 e. The van der Waals surface area contributed by atoms with E-state index >= 15 is 0 Å². The summed E-state index contributed by atoms with van der Waals surface area (Å²) >= 11 is 0. The number of H-pyrrole nitrogens is 1. The largest absolute Gasteiger partial charge is 0.416 e. The highest BCUT2D eigenvalue weighted by atomic mass is 19.4. The van der Waals surface area contributed by atoms with E-state index in [4.69, 9.17) is 0 Å². The molecule has 2 aliphatic rings. The van der Waals surface area contributed by atoms with Crippen LogP contribution in [0.3, 0.4) is 0 Å². The number of likely N-dealkylation sites (tertiary alicyclic amines) is 2. The summed E-state index contributed by atoms with van der Waals surface area (Å²) in [6, 6.07) is 7.10. The van der Waals surface area contributed by atoms with Crippen LogP contribution < -0.4 is 0 Å². The van der Waals surface area contributed by atoms with E-state index in [9.17, 15) is 23.1 Å². The quantitative estimate of drug-likeness (QED) is 0.766. The molecule has 2 atom stereocenters. The number of β-amino-alcohol motifs (C(OH)–C–C–N with tert-alkyl or cyclic N) is 1. The van der Waals surface area contributed by atoms with Crippen molar-refractivity contribution >= 4 is 6.03 Å². The minimum absolute atomic E-state index is 0.00353. The minimum Gasteiger partial charge on any atom is -0.389 e. The van der Waals surface area contributed by atoms with Crippen LogP contribution in [0.25, 0.3) is 0 Å². The van der Waals surface area contributed by atoms with Gasteiger partial charge in [0, 0.05) is 30.6 Å². The first-order valence-corrected chi connectivity index (χ1v) is 10.6. The summed E-state index contributed by atoms with van der Waals surface area (Å²) in [5.74, 6) is 0.165. The van der Waals surface area contributed by atoms with Crippen LogP contribution in [-0.2, 0) is 6.18 Å². The number of aliphatic hydroxyl groups is 1. The highest BCUT2D eigenvalue weighted by molar-refractivity contribution is 5.75. The Balaban J connectivity index is 1.58. The van der Waals surface area contributed by atoms with Gasteiger partial charge in [-0.15, -0.1) is 0 Å². The number of rotatable bonds is 3. The highest BCUT2D eigenvalue weighted by Crippen LogP contribution is 2.38. The maximum Gasteiger partial charge on any atom is 0.416 e. The lowest BCUT2D eigenvalue weighted by atomic mass is 9.82. The predicted molar refractivity (Wildman–Crippen MR) is 109 cm³/mol. The van der Waals surface area contributed by atoms with Crippen LogP contribution >= 0.6 is 0 Å². The first kappa shape index (κ1) is 21.7. The van der Waals surface area contributed by atoms with Gasteiger partial charge >= 0.3 is 12.2 Å². The number of hydrogen-bond donors (Lipinski definition) is 2. The molecule has 2 amide bonds. The molecule has 31 heavy (non-hydrogen) atoms. The molecule has 3 heterocycles. The lowest BCUT2D eigenvalue weighted by molar-refractivity contribution is -0.137. The number of piperidine rings is 1. The Hall–Kier alpha value is -2.55. The number of amides is 2. The molecule has 0 saturated carbocycles. The van der Waals surface area contributed by atoms with Crippen molar-refractivity contribution in [3.05, 3.63) is 52.8 Å². The fourth-order valence-electron chi connectivity index (χ4n) is 4.34. The second kappa shape index (κ2) is 8.18. The number of urea groups is 1. The molecule has 0 bridgehead atoms. The number of alkyl halides is 3. The van der Waals surface area contributed by atoms with E-state index < -0.39 is 17.8 Å². The molecule has 168 valence electrons. The van der Waals surface area contributed by atoms with Gasteiger partial charge in [0.05, 0.1) is 30.5 Å². The van der Waals surface area contributed by atoms with E-state index in [1.54, 1.807) is 9.80 Å². The van der Waals surface area contributed by atoms with Gasteiger partial charge in [-0.3, -0.25) is 5.10 Å². The maximum absolute atomic E-state index is 13.0. The zero-order chi connectivity index (χ0) is 22.3. The summed E-state index contributed by atoms with van der Waals surface area (Å²) in [5, 5.41) is 17.0.